The summed E-state index contributed by atoms with van der Waals surface area (Å²) in [7, 11) is 1.35. The fourth-order valence-electron chi connectivity index (χ4n) is 2.39. The van der Waals surface area contributed by atoms with Crippen molar-refractivity contribution in [1.82, 2.24) is 5.32 Å². The van der Waals surface area contributed by atoms with Crippen LogP contribution in [0.2, 0.25) is 0 Å². The molecule has 0 spiro atoms. The van der Waals surface area contributed by atoms with E-state index in [-0.39, 0.29) is 30.3 Å². The van der Waals surface area contributed by atoms with Crippen LogP contribution in [0, 0.1) is 0 Å². The van der Waals surface area contributed by atoms with Crippen molar-refractivity contribution in [3.8, 4) is 0 Å². The second kappa shape index (κ2) is 8.48. The zero-order valence-corrected chi connectivity index (χ0v) is 14.1. The molecule has 2 rings (SSSR count). The number of thiophene rings is 1. The molecule has 2 atom stereocenters. The zero-order valence-electron chi connectivity index (χ0n) is 13.3. The second-order valence-electron chi connectivity index (χ2n) is 5.43. The van der Waals surface area contributed by atoms with E-state index in [9.17, 15) is 9.59 Å². The molecule has 1 aromatic carbocycles. The molecule has 5 heteroatoms. The molecule has 1 heterocycles. The van der Waals surface area contributed by atoms with Crippen molar-refractivity contribution in [2.75, 3.05) is 7.11 Å². The molecule has 2 aromatic rings. The maximum Gasteiger partial charge on any atom is 0.307 e. The van der Waals surface area contributed by atoms with Gasteiger partial charge in [-0.3, -0.25) is 9.59 Å². The highest BCUT2D eigenvalue weighted by Crippen LogP contribution is 2.24. The molecule has 23 heavy (non-hydrogen) atoms. The summed E-state index contributed by atoms with van der Waals surface area (Å²) < 4.78 is 4.73. The number of hydrogen-bond acceptors (Lipinski definition) is 4. The van der Waals surface area contributed by atoms with E-state index in [2.05, 4.69) is 5.32 Å². The Labute approximate surface area is 140 Å². The van der Waals surface area contributed by atoms with Gasteiger partial charge in [0, 0.05) is 11.3 Å². The van der Waals surface area contributed by atoms with Crippen LogP contribution in [0.3, 0.4) is 0 Å². The van der Waals surface area contributed by atoms with E-state index in [1.54, 1.807) is 0 Å². The van der Waals surface area contributed by atoms with Crippen molar-refractivity contribution in [2.45, 2.75) is 31.7 Å². The average Bonchev–Trinajstić information content (AvgIpc) is 3.09. The van der Waals surface area contributed by atoms with Crippen molar-refractivity contribution in [3.63, 3.8) is 0 Å². The smallest absolute Gasteiger partial charge is 0.307 e. The molecule has 0 unspecified atom stereocenters. The van der Waals surface area contributed by atoms with Crippen LogP contribution >= 0.6 is 11.3 Å². The third-order valence-electron chi connectivity index (χ3n) is 3.68. The summed E-state index contributed by atoms with van der Waals surface area (Å²) in [5.41, 5.74) is 1.13. The third-order valence-corrected chi connectivity index (χ3v) is 4.67. The Morgan fingerprint density at radius 1 is 1.13 bits per heavy atom. The lowest BCUT2D eigenvalue weighted by Crippen LogP contribution is -2.30. The Bertz CT molecular complexity index is 625. The minimum atomic E-state index is -0.335. The SMILES string of the molecule is COC(=O)C[C@H](NC(=O)C[C@@H](C)c1ccccc1)c1cccs1. The molecule has 0 saturated carbocycles. The maximum atomic E-state index is 12.3. The lowest BCUT2D eigenvalue weighted by molar-refractivity contribution is -0.141. The largest absolute Gasteiger partial charge is 0.469 e. The van der Waals surface area contributed by atoms with Crippen LogP contribution in [0.15, 0.2) is 47.8 Å². The standard InChI is InChI=1S/C18H21NO3S/c1-13(14-7-4-3-5-8-14)11-17(20)19-15(12-18(21)22-2)16-9-6-10-23-16/h3-10,13,15H,11-12H2,1-2H3,(H,19,20)/t13-,15+/m1/s1. The van der Waals surface area contributed by atoms with E-state index >= 15 is 0 Å². The van der Waals surface area contributed by atoms with Crippen molar-refractivity contribution in [3.05, 3.63) is 58.3 Å². The highest BCUT2D eigenvalue weighted by atomic mass is 32.1. The van der Waals surface area contributed by atoms with Gasteiger partial charge in [0.25, 0.3) is 0 Å². The molecule has 0 bridgehead atoms. The molecule has 0 saturated heterocycles. The number of benzene rings is 1. The van der Waals surface area contributed by atoms with Gasteiger partial charge in [0.2, 0.25) is 5.91 Å². The molecule has 0 aliphatic carbocycles. The molecule has 0 radical (unpaired) electrons. The first-order valence-electron chi connectivity index (χ1n) is 7.54. The maximum absolute atomic E-state index is 12.3. The van der Waals surface area contributed by atoms with Crippen molar-refractivity contribution in [1.29, 1.82) is 0 Å². The summed E-state index contributed by atoms with van der Waals surface area (Å²) in [4.78, 5) is 24.9. The number of nitrogens with one attached hydrogen (secondary N) is 1. The van der Waals surface area contributed by atoms with Gasteiger partial charge < -0.3 is 10.1 Å². The second-order valence-corrected chi connectivity index (χ2v) is 6.41. The predicted octanol–water partition coefficient (Wildman–Crippen LogP) is 3.66. The number of esters is 1. The molecular weight excluding hydrogens is 310 g/mol. The number of carbonyl (C=O) groups excluding carboxylic acids is 2. The molecule has 4 nitrogen and oxygen atoms in total. The molecular formula is C18H21NO3S. The fourth-order valence-corrected chi connectivity index (χ4v) is 3.17. The molecule has 1 amide bonds. The number of amides is 1. The van der Waals surface area contributed by atoms with Gasteiger partial charge in [-0.25, -0.2) is 0 Å². The fraction of sp³-hybridized carbons (Fsp3) is 0.333. The Morgan fingerprint density at radius 3 is 2.48 bits per heavy atom. The molecule has 0 fully saturated rings. The van der Waals surface area contributed by atoms with E-state index < -0.39 is 0 Å². The van der Waals surface area contributed by atoms with Gasteiger partial charge in [-0.15, -0.1) is 11.3 Å². The van der Waals surface area contributed by atoms with Crippen LogP contribution in [-0.2, 0) is 14.3 Å². The number of methoxy groups -OCH3 is 1. The van der Waals surface area contributed by atoms with E-state index in [0.29, 0.717) is 6.42 Å². The van der Waals surface area contributed by atoms with Crippen LogP contribution in [-0.4, -0.2) is 19.0 Å². The summed E-state index contributed by atoms with van der Waals surface area (Å²) in [6, 6.07) is 13.4. The van der Waals surface area contributed by atoms with Crippen molar-refractivity contribution >= 4 is 23.2 Å². The van der Waals surface area contributed by atoms with Gasteiger partial charge >= 0.3 is 5.97 Å². The summed E-state index contributed by atoms with van der Waals surface area (Å²) in [5, 5.41) is 4.88. The highest BCUT2D eigenvalue weighted by Gasteiger charge is 2.21. The number of rotatable bonds is 7. The number of ether oxygens (including phenoxy) is 1. The summed E-state index contributed by atoms with van der Waals surface area (Å²) in [6.45, 7) is 2.02. The Hall–Kier alpha value is -2.14. The summed E-state index contributed by atoms with van der Waals surface area (Å²) >= 11 is 1.52. The van der Waals surface area contributed by atoms with Crippen LogP contribution in [0.25, 0.3) is 0 Å². The quantitative estimate of drug-likeness (QED) is 0.788. The summed E-state index contributed by atoms with van der Waals surface area (Å²) in [6.07, 6.45) is 0.523. The highest BCUT2D eigenvalue weighted by molar-refractivity contribution is 7.10. The lowest BCUT2D eigenvalue weighted by Gasteiger charge is -2.18. The van der Waals surface area contributed by atoms with Crippen molar-refractivity contribution < 1.29 is 14.3 Å². The molecule has 0 aliphatic rings. The molecule has 0 aliphatic heterocycles. The Morgan fingerprint density at radius 2 is 1.87 bits per heavy atom. The van der Waals surface area contributed by atoms with Gasteiger partial charge in [0.15, 0.2) is 0 Å². The number of hydrogen-bond donors (Lipinski definition) is 1. The van der Waals surface area contributed by atoms with Crippen LogP contribution in [0.4, 0.5) is 0 Å². The van der Waals surface area contributed by atoms with Gasteiger partial charge in [-0.1, -0.05) is 43.3 Å². The molecule has 122 valence electrons. The zero-order chi connectivity index (χ0) is 16.7. The topological polar surface area (TPSA) is 55.4 Å². The first-order valence-corrected chi connectivity index (χ1v) is 8.42. The van der Waals surface area contributed by atoms with E-state index in [4.69, 9.17) is 4.74 Å². The first-order chi connectivity index (χ1) is 11.1. The minimum Gasteiger partial charge on any atom is -0.469 e. The number of carbonyl (C=O) groups is 2. The predicted molar refractivity (Wildman–Crippen MR) is 91.3 cm³/mol. The van der Waals surface area contributed by atoms with Crippen molar-refractivity contribution in [2.24, 2.45) is 0 Å². The van der Waals surface area contributed by atoms with Gasteiger partial charge in [0.05, 0.1) is 19.6 Å². The van der Waals surface area contributed by atoms with Crippen LogP contribution in [0.1, 0.15) is 42.2 Å². The average molecular weight is 331 g/mol. The lowest BCUT2D eigenvalue weighted by atomic mass is 9.97. The normalized spacial score (nSPS) is 13.1. The summed E-state index contributed by atoms with van der Waals surface area (Å²) in [5.74, 6) is -0.276. The van der Waals surface area contributed by atoms with Gasteiger partial charge in [-0.2, -0.15) is 0 Å². The van der Waals surface area contributed by atoms with E-state index in [0.717, 1.165) is 10.4 Å². The third kappa shape index (κ3) is 5.21. The minimum absolute atomic E-state index is 0.0661. The molecule has 1 N–H and O–H groups in total. The van der Waals surface area contributed by atoms with Gasteiger partial charge in [-0.05, 0) is 22.9 Å². The Balaban J connectivity index is 1.98. The van der Waals surface area contributed by atoms with Crippen LogP contribution in [0.5, 0.6) is 0 Å². The monoisotopic (exact) mass is 331 g/mol. The van der Waals surface area contributed by atoms with E-state index in [1.165, 1.54) is 18.4 Å². The van der Waals surface area contributed by atoms with E-state index in [1.807, 2.05) is 54.8 Å². The van der Waals surface area contributed by atoms with Crippen LogP contribution < -0.4 is 5.32 Å². The Kier molecular flexibility index (Phi) is 6.35. The van der Waals surface area contributed by atoms with Gasteiger partial charge in [0.1, 0.15) is 0 Å². The molecule has 1 aromatic heterocycles. The first kappa shape index (κ1) is 17.2.